The van der Waals surface area contributed by atoms with E-state index in [4.69, 9.17) is 0 Å². The molecule has 0 aromatic heterocycles. The molecule has 94 valence electrons. The summed E-state index contributed by atoms with van der Waals surface area (Å²) in [7, 11) is 1.48. The molecule has 0 heterocycles. The third-order valence-corrected chi connectivity index (χ3v) is 2.22. The zero-order chi connectivity index (χ0) is 12.8. The molecule has 1 aromatic rings. The number of hydrogen-bond acceptors (Lipinski definition) is 3. The smallest absolute Gasteiger partial charge is 0.233 e. The predicted molar refractivity (Wildman–Crippen MR) is 58.3 cm³/mol. The zero-order valence-corrected chi connectivity index (χ0v) is 9.34. The number of likely N-dealkylation sites (N-methyl/N-ethyl adjacent to an activating group) is 1. The Hall–Kier alpha value is -1.53. The van der Waals surface area contributed by atoms with Gasteiger partial charge in [-0.3, -0.25) is 4.79 Å². The van der Waals surface area contributed by atoms with Gasteiger partial charge in [-0.1, -0.05) is 0 Å². The van der Waals surface area contributed by atoms with Crippen LogP contribution in [0.1, 0.15) is 11.7 Å². The highest BCUT2D eigenvalue weighted by atomic mass is 19.1. The van der Waals surface area contributed by atoms with Crippen molar-refractivity contribution in [3.8, 4) is 0 Å². The van der Waals surface area contributed by atoms with Gasteiger partial charge in [-0.25, -0.2) is 8.78 Å². The second kappa shape index (κ2) is 6.27. The van der Waals surface area contributed by atoms with Crippen molar-refractivity contribution in [2.75, 3.05) is 20.1 Å². The maximum atomic E-state index is 13.2. The largest absolute Gasteiger partial charge is 0.387 e. The maximum absolute atomic E-state index is 13.2. The molecule has 0 radical (unpaired) electrons. The summed E-state index contributed by atoms with van der Waals surface area (Å²) in [5, 5.41) is 14.6. The summed E-state index contributed by atoms with van der Waals surface area (Å²) in [4.78, 5) is 10.9. The summed E-state index contributed by atoms with van der Waals surface area (Å²) in [6.07, 6.45) is -1.20. The van der Waals surface area contributed by atoms with E-state index in [2.05, 4.69) is 10.6 Å². The van der Waals surface area contributed by atoms with Gasteiger partial charge in [0.1, 0.15) is 11.6 Å². The van der Waals surface area contributed by atoms with Crippen LogP contribution >= 0.6 is 0 Å². The van der Waals surface area contributed by atoms with Crippen LogP contribution < -0.4 is 10.6 Å². The fourth-order valence-corrected chi connectivity index (χ4v) is 1.29. The van der Waals surface area contributed by atoms with Crippen LogP contribution in [-0.4, -0.2) is 31.2 Å². The van der Waals surface area contributed by atoms with Gasteiger partial charge in [-0.05, 0) is 18.2 Å². The van der Waals surface area contributed by atoms with E-state index in [1.165, 1.54) is 7.05 Å². The van der Waals surface area contributed by atoms with Gasteiger partial charge in [0.15, 0.2) is 0 Å². The monoisotopic (exact) mass is 244 g/mol. The Kier molecular flexibility index (Phi) is 4.99. The molecule has 1 rings (SSSR count). The number of nitrogens with one attached hydrogen (secondary N) is 2. The van der Waals surface area contributed by atoms with E-state index in [9.17, 15) is 18.7 Å². The Morgan fingerprint density at radius 3 is 2.82 bits per heavy atom. The molecule has 1 atom stereocenters. The molecule has 17 heavy (non-hydrogen) atoms. The van der Waals surface area contributed by atoms with E-state index in [0.717, 1.165) is 18.2 Å². The van der Waals surface area contributed by atoms with Crippen molar-refractivity contribution in [2.24, 2.45) is 0 Å². The lowest BCUT2D eigenvalue weighted by Gasteiger charge is -2.12. The molecule has 0 aliphatic carbocycles. The second-order valence-electron chi connectivity index (χ2n) is 3.49. The van der Waals surface area contributed by atoms with Crippen LogP contribution in [0.25, 0.3) is 0 Å². The highest BCUT2D eigenvalue weighted by Crippen LogP contribution is 2.17. The lowest BCUT2D eigenvalue weighted by atomic mass is 10.1. The van der Waals surface area contributed by atoms with Gasteiger partial charge in [0.05, 0.1) is 12.6 Å². The normalized spacial score (nSPS) is 12.2. The number of hydrogen-bond donors (Lipinski definition) is 3. The number of amides is 1. The zero-order valence-electron chi connectivity index (χ0n) is 9.34. The summed E-state index contributed by atoms with van der Waals surface area (Å²) >= 11 is 0. The van der Waals surface area contributed by atoms with Crippen molar-refractivity contribution in [2.45, 2.75) is 6.10 Å². The maximum Gasteiger partial charge on any atom is 0.233 e. The van der Waals surface area contributed by atoms with E-state index < -0.39 is 17.7 Å². The predicted octanol–water partition coefficient (Wildman–Crippen LogP) is 0.334. The number of halogens is 2. The summed E-state index contributed by atoms with van der Waals surface area (Å²) < 4.78 is 26.1. The number of carbonyl (C=O) groups is 1. The topological polar surface area (TPSA) is 61.4 Å². The lowest BCUT2D eigenvalue weighted by Crippen LogP contribution is -2.33. The SMILES string of the molecule is CNC(=O)CNCC(O)c1cc(F)ccc1F. The van der Waals surface area contributed by atoms with Gasteiger partial charge in [-0.2, -0.15) is 0 Å². The number of carbonyl (C=O) groups excluding carboxylic acids is 1. The molecule has 6 heteroatoms. The third kappa shape index (κ3) is 4.08. The molecule has 0 saturated carbocycles. The van der Waals surface area contributed by atoms with Crippen molar-refractivity contribution in [3.05, 3.63) is 35.4 Å². The molecule has 1 aromatic carbocycles. The summed E-state index contributed by atoms with van der Waals surface area (Å²) in [6, 6.07) is 2.86. The quantitative estimate of drug-likeness (QED) is 0.699. The van der Waals surface area contributed by atoms with Crippen LogP contribution in [0.15, 0.2) is 18.2 Å². The second-order valence-corrected chi connectivity index (χ2v) is 3.49. The van der Waals surface area contributed by atoms with E-state index in [1.54, 1.807) is 0 Å². The standard InChI is InChI=1S/C11H14F2N2O2/c1-14-11(17)6-15-5-10(16)8-4-7(12)2-3-9(8)13/h2-4,10,15-16H,5-6H2,1H3,(H,14,17). The van der Waals surface area contributed by atoms with Gasteiger partial charge < -0.3 is 15.7 Å². The summed E-state index contributed by atoms with van der Waals surface area (Å²) in [5.74, 6) is -1.55. The van der Waals surface area contributed by atoms with Gasteiger partial charge in [0, 0.05) is 19.2 Å². The lowest BCUT2D eigenvalue weighted by molar-refractivity contribution is -0.119. The van der Waals surface area contributed by atoms with E-state index in [0.29, 0.717) is 0 Å². The average molecular weight is 244 g/mol. The van der Waals surface area contributed by atoms with Gasteiger partial charge >= 0.3 is 0 Å². The third-order valence-electron chi connectivity index (χ3n) is 2.22. The van der Waals surface area contributed by atoms with E-state index in [-0.39, 0.29) is 24.6 Å². The number of aliphatic hydroxyl groups is 1. The molecule has 0 bridgehead atoms. The first-order chi connectivity index (χ1) is 8.04. The van der Waals surface area contributed by atoms with Crippen LogP contribution in [0.5, 0.6) is 0 Å². The van der Waals surface area contributed by atoms with Gasteiger partial charge in [0.2, 0.25) is 5.91 Å². The van der Waals surface area contributed by atoms with Crippen molar-refractivity contribution >= 4 is 5.91 Å². The van der Waals surface area contributed by atoms with Crippen LogP contribution in [0.2, 0.25) is 0 Å². The van der Waals surface area contributed by atoms with Crippen molar-refractivity contribution in [1.82, 2.24) is 10.6 Å². The molecule has 1 unspecified atom stereocenters. The van der Waals surface area contributed by atoms with Crippen molar-refractivity contribution < 1.29 is 18.7 Å². The van der Waals surface area contributed by atoms with Gasteiger partial charge in [0.25, 0.3) is 0 Å². The minimum Gasteiger partial charge on any atom is -0.387 e. The van der Waals surface area contributed by atoms with Crippen molar-refractivity contribution in [1.29, 1.82) is 0 Å². The highest BCUT2D eigenvalue weighted by Gasteiger charge is 2.13. The Balaban J connectivity index is 2.54. The number of rotatable bonds is 5. The van der Waals surface area contributed by atoms with E-state index in [1.807, 2.05) is 0 Å². The molecule has 1 amide bonds. The average Bonchev–Trinajstić information content (AvgIpc) is 2.31. The van der Waals surface area contributed by atoms with Crippen LogP contribution in [-0.2, 0) is 4.79 Å². The first-order valence-corrected chi connectivity index (χ1v) is 5.09. The summed E-state index contributed by atoms with van der Waals surface area (Å²) in [5.41, 5.74) is -0.130. The Bertz CT molecular complexity index is 399. The van der Waals surface area contributed by atoms with Crippen LogP contribution in [0.3, 0.4) is 0 Å². The minimum absolute atomic E-state index is 0.00446. The molecular weight excluding hydrogens is 230 g/mol. The Morgan fingerprint density at radius 2 is 2.18 bits per heavy atom. The molecule has 0 saturated heterocycles. The highest BCUT2D eigenvalue weighted by molar-refractivity contribution is 5.77. The molecule has 0 fully saturated rings. The first-order valence-electron chi connectivity index (χ1n) is 5.09. The Labute approximate surface area is 97.6 Å². The van der Waals surface area contributed by atoms with Gasteiger partial charge in [-0.15, -0.1) is 0 Å². The number of aliphatic hydroxyl groups excluding tert-OH is 1. The fraction of sp³-hybridized carbons (Fsp3) is 0.364. The van der Waals surface area contributed by atoms with Crippen molar-refractivity contribution in [3.63, 3.8) is 0 Å². The fourth-order valence-electron chi connectivity index (χ4n) is 1.29. The number of benzene rings is 1. The summed E-state index contributed by atoms with van der Waals surface area (Å²) in [6.45, 7) is -0.0295. The van der Waals surface area contributed by atoms with Crippen LogP contribution in [0.4, 0.5) is 8.78 Å². The molecule has 0 aliphatic rings. The minimum atomic E-state index is -1.20. The first kappa shape index (κ1) is 13.5. The molecule has 0 aliphatic heterocycles. The molecule has 4 nitrogen and oxygen atoms in total. The molecule has 3 N–H and O–H groups in total. The molecule has 0 spiro atoms. The van der Waals surface area contributed by atoms with Crippen LogP contribution in [0, 0.1) is 11.6 Å². The molecular formula is C11H14F2N2O2. The van der Waals surface area contributed by atoms with E-state index >= 15 is 0 Å². The Morgan fingerprint density at radius 1 is 1.47 bits per heavy atom.